The third-order valence-electron chi connectivity index (χ3n) is 3.03. The Morgan fingerprint density at radius 1 is 1.37 bits per heavy atom. The summed E-state index contributed by atoms with van der Waals surface area (Å²) in [5, 5.41) is 0. The van der Waals surface area contributed by atoms with Crippen LogP contribution in [0.15, 0.2) is 6.07 Å². The van der Waals surface area contributed by atoms with Gasteiger partial charge in [0.15, 0.2) is 0 Å². The highest BCUT2D eigenvalue weighted by Crippen LogP contribution is 2.22. The molecule has 0 saturated heterocycles. The average molecular weight is 284 g/mol. The van der Waals surface area contributed by atoms with Gasteiger partial charge in [-0.05, 0) is 25.0 Å². The number of nitrogens with two attached hydrogens (primary N) is 1. The Morgan fingerprint density at radius 3 is 2.79 bits per heavy atom. The van der Waals surface area contributed by atoms with Gasteiger partial charge in [-0.25, -0.2) is 5.84 Å². The zero-order valence-electron chi connectivity index (χ0n) is 11.8. The van der Waals surface area contributed by atoms with Gasteiger partial charge >= 0.3 is 0 Å². The summed E-state index contributed by atoms with van der Waals surface area (Å²) in [5.41, 5.74) is 3.23. The Morgan fingerprint density at radius 2 is 2.11 bits per heavy atom. The molecule has 0 fully saturated rings. The van der Waals surface area contributed by atoms with Crippen LogP contribution < -0.4 is 11.3 Å². The standard InChI is InChI=1S/C14H24N2O2S/c1-3-4-5-6-7-8-18-10-12-9-13(14(17)16-15)19-11(12)2/h9H,3-8,10,15H2,1-2H3,(H,16,17). The third kappa shape index (κ3) is 5.72. The number of nitrogens with one attached hydrogen (secondary N) is 1. The summed E-state index contributed by atoms with van der Waals surface area (Å²) in [4.78, 5) is 13.1. The fourth-order valence-electron chi connectivity index (χ4n) is 1.84. The molecule has 108 valence electrons. The van der Waals surface area contributed by atoms with Crippen LogP contribution in [0.4, 0.5) is 0 Å². The van der Waals surface area contributed by atoms with Crippen LogP contribution in [-0.4, -0.2) is 12.5 Å². The maximum absolute atomic E-state index is 11.4. The van der Waals surface area contributed by atoms with Gasteiger partial charge in [-0.1, -0.05) is 32.6 Å². The predicted octanol–water partition coefficient (Wildman–Crippen LogP) is 3.15. The number of thiophene rings is 1. The average Bonchev–Trinajstić information content (AvgIpc) is 2.78. The molecule has 1 amide bonds. The number of carbonyl (C=O) groups excluding carboxylic acids is 1. The number of hydrazine groups is 1. The predicted molar refractivity (Wildman–Crippen MR) is 79.1 cm³/mol. The number of amides is 1. The van der Waals surface area contributed by atoms with Crippen LogP contribution in [0.5, 0.6) is 0 Å². The number of ether oxygens (including phenoxy) is 1. The normalized spacial score (nSPS) is 10.7. The lowest BCUT2D eigenvalue weighted by Crippen LogP contribution is -2.29. The third-order valence-corrected chi connectivity index (χ3v) is 4.12. The zero-order valence-corrected chi connectivity index (χ0v) is 12.6. The molecule has 1 heterocycles. The van der Waals surface area contributed by atoms with Crippen LogP contribution >= 0.6 is 11.3 Å². The Hall–Kier alpha value is -0.910. The molecular weight excluding hydrogens is 260 g/mol. The Kier molecular flexibility index (Phi) is 7.70. The van der Waals surface area contributed by atoms with E-state index in [0.717, 1.165) is 23.5 Å². The lowest BCUT2D eigenvalue weighted by atomic mass is 10.2. The van der Waals surface area contributed by atoms with Gasteiger partial charge in [-0.2, -0.15) is 0 Å². The smallest absolute Gasteiger partial charge is 0.275 e. The minimum absolute atomic E-state index is 0.237. The van der Waals surface area contributed by atoms with Gasteiger partial charge in [0, 0.05) is 11.5 Å². The Balaban J connectivity index is 2.26. The van der Waals surface area contributed by atoms with E-state index < -0.39 is 0 Å². The van der Waals surface area contributed by atoms with E-state index >= 15 is 0 Å². The number of aryl methyl sites for hydroxylation is 1. The number of rotatable bonds is 9. The summed E-state index contributed by atoms with van der Waals surface area (Å²) in [6, 6.07) is 1.86. The van der Waals surface area contributed by atoms with Crippen molar-refractivity contribution in [3.63, 3.8) is 0 Å². The zero-order chi connectivity index (χ0) is 14.1. The van der Waals surface area contributed by atoms with Crippen molar-refractivity contribution in [2.75, 3.05) is 6.61 Å². The summed E-state index contributed by atoms with van der Waals surface area (Å²) in [5.74, 6) is 4.88. The van der Waals surface area contributed by atoms with Gasteiger partial charge in [0.1, 0.15) is 0 Å². The van der Waals surface area contributed by atoms with Crippen LogP contribution in [0.2, 0.25) is 0 Å². The van der Waals surface area contributed by atoms with Crippen LogP contribution in [0.1, 0.15) is 59.1 Å². The molecule has 0 saturated carbocycles. The van der Waals surface area contributed by atoms with Crippen LogP contribution in [0.3, 0.4) is 0 Å². The SMILES string of the molecule is CCCCCCCOCc1cc(C(=O)NN)sc1C. The molecule has 0 bridgehead atoms. The lowest BCUT2D eigenvalue weighted by Gasteiger charge is -2.03. The summed E-state index contributed by atoms with van der Waals surface area (Å²) < 4.78 is 5.65. The summed E-state index contributed by atoms with van der Waals surface area (Å²) >= 11 is 1.45. The van der Waals surface area contributed by atoms with Crippen LogP contribution in [0.25, 0.3) is 0 Å². The molecule has 0 aliphatic heterocycles. The molecule has 0 radical (unpaired) electrons. The molecule has 0 aromatic carbocycles. The Labute approximate surface area is 119 Å². The minimum Gasteiger partial charge on any atom is -0.377 e. The van der Waals surface area contributed by atoms with E-state index in [1.807, 2.05) is 13.0 Å². The Bertz CT molecular complexity index is 391. The molecule has 19 heavy (non-hydrogen) atoms. The molecule has 5 heteroatoms. The van der Waals surface area contributed by atoms with E-state index in [4.69, 9.17) is 10.6 Å². The fraction of sp³-hybridized carbons (Fsp3) is 0.643. The van der Waals surface area contributed by atoms with Crippen molar-refractivity contribution in [1.29, 1.82) is 0 Å². The quantitative estimate of drug-likeness (QED) is 0.317. The van der Waals surface area contributed by atoms with Crippen molar-refractivity contribution in [2.24, 2.45) is 5.84 Å². The maximum atomic E-state index is 11.4. The van der Waals surface area contributed by atoms with Crippen molar-refractivity contribution in [1.82, 2.24) is 5.43 Å². The van der Waals surface area contributed by atoms with E-state index in [-0.39, 0.29) is 5.91 Å². The first kappa shape index (κ1) is 16.1. The summed E-state index contributed by atoms with van der Waals surface area (Å²) in [6.45, 7) is 5.58. The van der Waals surface area contributed by atoms with Gasteiger partial charge in [0.2, 0.25) is 0 Å². The molecular formula is C14H24N2O2S. The largest absolute Gasteiger partial charge is 0.377 e. The van der Waals surface area contributed by atoms with E-state index in [1.165, 1.54) is 37.0 Å². The monoisotopic (exact) mass is 284 g/mol. The summed E-state index contributed by atoms with van der Waals surface area (Å²) in [7, 11) is 0. The van der Waals surface area contributed by atoms with E-state index in [2.05, 4.69) is 12.3 Å². The molecule has 0 aliphatic rings. The van der Waals surface area contributed by atoms with Crippen molar-refractivity contribution in [3.05, 3.63) is 21.4 Å². The van der Waals surface area contributed by atoms with Gasteiger partial charge in [-0.15, -0.1) is 11.3 Å². The van der Waals surface area contributed by atoms with Gasteiger partial charge in [0.05, 0.1) is 11.5 Å². The number of nitrogen functional groups attached to an aromatic ring is 1. The van der Waals surface area contributed by atoms with Crippen LogP contribution in [0, 0.1) is 6.92 Å². The van der Waals surface area contributed by atoms with E-state index in [9.17, 15) is 4.79 Å². The molecule has 0 aliphatic carbocycles. The van der Waals surface area contributed by atoms with Crippen molar-refractivity contribution in [3.8, 4) is 0 Å². The topological polar surface area (TPSA) is 64.3 Å². The van der Waals surface area contributed by atoms with Gasteiger partial charge in [-0.3, -0.25) is 10.2 Å². The minimum atomic E-state index is -0.237. The molecule has 4 nitrogen and oxygen atoms in total. The molecule has 0 spiro atoms. The molecule has 1 rings (SSSR count). The molecule has 0 unspecified atom stereocenters. The first-order chi connectivity index (χ1) is 9.19. The highest BCUT2D eigenvalue weighted by atomic mass is 32.1. The number of unbranched alkanes of at least 4 members (excludes halogenated alkanes) is 4. The first-order valence-electron chi connectivity index (χ1n) is 6.87. The second-order valence-corrected chi connectivity index (χ2v) is 5.89. The second kappa shape index (κ2) is 9.07. The van der Waals surface area contributed by atoms with Crippen molar-refractivity contribution in [2.45, 2.75) is 52.6 Å². The molecule has 1 aromatic heterocycles. The second-order valence-electron chi connectivity index (χ2n) is 4.63. The highest BCUT2D eigenvalue weighted by molar-refractivity contribution is 7.14. The molecule has 0 atom stereocenters. The van der Waals surface area contributed by atoms with Gasteiger partial charge in [0.25, 0.3) is 5.91 Å². The highest BCUT2D eigenvalue weighted by Gasteiger charge is 2.11. The van der Waals surface area contributed by atoms with Crippen molar-refractivity contribution < 1.29 is 9.53 Å². The lowest BCUT2D eigenvalue weighted by molar-refractivity contribution is 0.0957. The van der Waals surface area contributed by atoms with E-state index in [1.54, 1.807) is 0 Å². The molecule has 1 aromatic rings. The van der Waals surface area contributed by atoms with E-state index in [0.29, 0.717) is 11.5 Å². The molecule has 3 N–H and O–H groups in total. The van der Waals surface area contributed by atoms with Gasteiger partial charge < -0.3 is 4.74 Å². The maximum Gasteiger partial charge on any atom is 0.275 e. The first-order valence-corrected chi connectivity index (χ1v) is 7.68. The fourth-order valence-corrected chi connectivity index (χ4v) is 2.77. The van der Waals surface area contributed by atoms with Crippen molar-refractivity contribution >= 4 is 17.2 Å². The number of hydrogen-bond acceptors (Lipinski definition) is 4. The van der Waals surface area contributed by atoms with Crippen LogP contribution in [-0.2, 0) is 11.3 Å². The summed E-state index contributed by atoms with van der Waals surface area (Å²) in [6.07, 6.45) is 6.21. The number of carbonyl (C=O) groups is 1. The number of hydrogen-bond donors (Lipinski definition) is 2.